The van der Waals surface area contributed by atoms with Crippen LogP contribution in [-0.2, 0) is 21.2 Å². The molecule has 2 N–H and O–H groups in total. The van der Waals surface area contributed by atoms with Gasteiger partial charge in [-0.2, -0.15) is 5.26 Å². The molecule has 0 aliphatic heterocycles. The average Bonchev–Trinajstić information content (AvgIpc) is 2.33. The van der Waals surface area contributed by atoms with E-state index in [1.165, 1.54) is 0 Å². The van der Waals surface area contributed by atoms with E-state index in [1.807, 2.05) is 6.07 Å². The van der Waals surface area contributed by atoms with Crippen LogP contribution in [-0.4, -0.2) is 26.0 Å². The molecule has 0 saturated carbocycles. The molecule has 0 aliphatic rings. The average molecular weight is 310 g/mol. The highest BCUT2D eigenvalue weighted by Crippen LogP contribution is 2.26. The summed E-state index contributed by atoms with van der Waals surface area (Å²) in [6.07, 6.45) is -0.149. The van der Waals surface area contributed by atoms with Crippen molar-refractivity contribution < 1.29 is 18.3 Å². The maximum absolute atomic E-state index is 12.3. The number of carboxylic acids is 1. The third kappa shape index (κ3) is 4.03. The number of nitrogens with zero attached hydrogens (tertiary/aromatic N) is 1. The van der Waals surface area contributed by atoms with Crippen LogP contribution >= 0.6 is 0 Å². The normalized spacial score (nSPS) is 11.1. The summed E-state index contributed by atoms with van der Waals surface area (Å²) >= 11 is 0. The Kier molecular flexibility index (Phi) is 5.47. The zero-order valence-corrected chi connectivity index (χ0v) is 13.0. The van der Waals surface area contributed by atoms with Crippen LogP contribution in [0, 0.1) is 32.1 Å². The zero-order chi connectivity index (χ0) is 16.2. The summed E-state index contributed by atoms with van der Waals surface area (Å²) in [5.41, 5.74) is 2.26. The second-order valence-corrected chi connectivity index (χ2v) is 6.52. The maximum Gasteiger partial charge on any atom is 0.307 e. The van der Waals surface area contributed by atoms with Gasteiger partial charge < -0.3 is 5.11 Å². The lowest BCUT2D eigenvalue weighted by atomic mass is 9.97. The molecule has 0 bridgehead atoms. The van der Waals surface area contributed by atoms with Crippen molar-refractivity contribution in [1.82, 2.24) is 4.72 Å². The Morgan fingerprint density at radius 1 is 1.33 bits per heavy atom. The zero-order valence-electron chi connectivity index (χ0n) is 12.2. The van der Waals surface area contributed by atoms with E-state index in [-0.39, 0.29) is 24.3 Å². The Hall–Kier alpha value is -1.91. The Morgan fingerprint density at radius 2 is 1.95 bits per heavy atom. The van der Waals surface area contributed by atoms with Crippen LogP contribution in [0.4, 0.5) is 0 Å². The predicted octanol–water partition coefficient (Wildman–Crippen LogP) is 1.43. The molecule has 21 heavy (non-hydrogen) atoms. The maximum atomic E-state index is 12.3. The molecule has 0 atom stereocenters. The van der Waals surface area contributed by atoms with Gasteiger partial charge in [-0.1, -0.05) is 6.07 Å². The number of hydrogen-bond donors (Lipinski definition) is 2. The van der Waals surface area contributed by atoms with Gasteiger partial charge in [0.15, 0.2) is 0 Å². The first-order valence-corrected chi connectivity index (χ1v) is 7.87. The molecule has 0 aliphatic carbocycles. The summed E-state index contributed by atoms with van der Waals surface area (Å²) in [5.74, 6) is -1.01. The van der Waals surface area contributed by atoms with Crippen LogP contribution in [0.3, 0.4) is 0 Å². The van der Waals surface area contributed by atoms with Crippen LogP contribution < -0.4 is 4.72 Å². The van der Waals surface area contributed by atoms with Crippen molar-refractivity contribution >= 4 is 16.0 Å². The Balaban J connectivity index is 3.36. The van der Waals surface area contributed by atoms with Gasteiger partial charge in [0.2, 0.25) is 10.0 Å². The van der Waals surface area contributed by atoms with E-state index in [0.29, 0.717) is 16.7 Å². The van der Waals surface area contributed by atoms with Crippen molar-refractivity contribution in [3.8, 4) is 6.07 Å². The second-order valence-electron chi connectivity index (χ2n) is 4.82. The van der Waals surface area contributed by atoms with E-state index < -0.39 is 16.0 Å². The van der Waals surface area contributed by atoms with Gasteiger partial charge >= 0.3 is 5.97 Å². The Labute approximate surface area is 124 Å². The Bertz CT molecular complexity index is 703. The standard InChI is InChI=1S/C14H18N2O4S/c1-9-7-10(2)14(11(3)12(9)8-13(17)18)21(19,20)16-6-4-5-15/h7,16H,4,6,8H2,1-3H3,(H,17,18). The molecule has 0 aromatic heterocycles. The molecule has 0 heterocycles. The number of rotatable bonds is 6. The lowest BCUT2D eigenvalue weighted by Gasteiger charge is -2.17. The second kappa shape index (κ2) is 6.70. The van der Waals surface area contributed by atoms with Gasteiger partial charge in [-0.25, -0.2) is 13.1 Å². The largest absolute Gasteiger partial charge is 0.481 e. The van der Waals surface area contributed by atoms with E-state index in [4.69, 9.17) is 10.4 Å². The molecule has 0 saturated heterocycles. The summed E-state index contributed by atoms with van der Waals surface area (Å²) in [6.45, 7) is 5.07. The lowest BCUT2D eigenvalue weighted by Crippen LogP contribution is -2.26. The van der Waals surface area contributed by atoms with Gasteiger partial charge in [-0.3, -0.25) is 4.79 Å². The SMILES string of the molecule is Cc1cc(C)c(S(=O)(=O)NCCC#N)c(C)c1CC(=O)O. The first-order chi connectivity index (χ1) is 9.70. The molecule has 0 unspecified atom stereocenters. The van der Waals surface area contributed by atoms with Gasteiger partial charge in [0.25, 0.3) is 0 Å². The number of carboxylic acid groups (broad SMARTS) is 1. The van der Waals surface area contributed by atoms with Crippen LogP contribution in [0.15, 0.2) is 11.0 Å². The molecular formula is C14H18N2O4S. The van der Waals surface area contributed by atoms with E-state index >= 15 is 0 Å². The molecule has 0 radical (unpaired) electrons. The van der Waals surface area contributed by atoms with Gasteiger partial charge in [0.1, 0.15) is 0 Å². The molecule has 114 valence electrons. The number of aryl methyl sites for hydroxylation is 2. The molecule has 1 aromatic rings. The number of carbonyl (C=O) groups is 1. The highest BCUT2D eigenvalue weighted by atomic mass is 32.2. The summed E-state index contributed by atoms with van der Waals surface area (Å²) in [5, 5.41) is 17.4. The molecule has 6 nitrogen and oxygen atoms in total. The molecule has 0 fully saturated rings. The number of nitrogens with one attached hydrogen (secondary N) is 1. The van der Waals surface area contributed by atoms with Gasteiger partial charge in [-0.15, -0.1) is 0 Å². The minimum atomic E-state index is -3.76. The number of aliphatic carboxylic acids is 1. The number of sulfonamides is 1. The molecule has 1 rings (SSSR count). The highest BCUT2D eigenvalue weighted by Gasteiger charge is 2.23. The van der Waals surface area contributed by atoms with Crippen LogP contribution in [0.2, 0.25) is 0 Å². The molecular weight excluding hydrogens is 292 g/mol. The summed E-state index contributed by atoms with van der Waals surface area (Å²) in [4.78, 5) is 11.0. The van der Waals surface area contributed by atoms with E-state index in [0.717, 1.165) is 5.56 Å². The smallest absolute Gasteiger partial charge is 0.307 e. The molecule has 1 aromatic carbocycles. The first-order valence-electron chi connectivity index (χ1n) is 6.38. The summed E-state index contributed by atoms with van der Waals surface area (Å²) in [7, 11) is -3.76. The molecule has 0 spiro atoms. The van der Waals surface area contributed by atoms with Crippen LogP contribution in [0.1, 0.15) is 28.7 Å². The van der Waals surface area contributed by atoms with Crippen molar-refractivity contribution in [3.05, 3.63) is 28.3 Å². The minimum absolute atomic E-state index is 0.0276. The first kappa shape index (κ1) is 17.1. The minimum Gasteiger partial charge on any atom is -0.481 e. The van der Waals surface area contributed by atoms with Crippen LogP contribution in [0.5, 0.6) is 0 Å². The molecule has 0 amide bonds. The fourth-order valence-corrected chi connectivity index (χ4v) is 3.88. The van der Waals surface area contributed by atoms with Gasteiger partial charge in [-0.05, 0) is 43.0 Å². The van der Waals surface area contributed by atoms with Crippen molar-refractivity contribution in [2.45, 2.75) is 38.5 Å². The fraction of sp³-hybridized carbons (Fsp3) is 0.429. The quantitative estimate of drug-likeness (QED) is 0.773. The van der Waals surface area contributed by atoms with Crippen LogP contribution in [0.25, 0.3) is 0 Å². The van der Waals surface area contributed by atoms with Gasteiger partial charge in [0.05, 0.1) is 17.4 Å². The third-order valence-electron chi connectivity index (χ3n) is 3.19. The predicted molar refractivity (Wildman–Crippen MR) is 77.4 cm³/mol. The monoisotopic (exact) mass is 310 g/mol. The number of benzene rings is 1. The van der Waals surface area contributed by atoms with E-state index in [2.05, 4.69) is 4.72 Å². The topological polar surface area (TPSA) is 107 Å². The summed E-state index contributed by atoms with van der Waals surface area (Å²) in [6, 6.07) is 3.53. The highest BCUT2D eigenvalue weighted by molar-refractivity contribution is 7.89. The Morgan fingerprint density at radius 3 is 2.48 bits per heavy atom. The van der Waals surface area contributed by atoms with Gasteiger partial charge in [0, 0.05) is 13.0 Å². The van der Waals surface area contributed by atoms with Crippen molar-refractivity contribution in [2.24, 2.45) is 0 Å². The summed E-state index contributed by atoms with van der Waals surface area (Å²) < 4.78 is 27.0. The number of hydrogen-bond acceptors (Lipinski definition) is 4. The lowest BCUT2D eigenvalue weighted by molar-refractivity contribution is -0.136. The van der Waals surface area contributed by atoms with E-state index in [9.17, 15) is 13.2 Å². The van der Waals surface area contributed by atoms with Crippen molar-refractivity contribution in [2.75, 3.05) is 6.54 Å². The van der Waals surface area contributed by atoms with Crippen molar-refractivity contribution in [3.63, 3.8) is 0 Å². The molecule has 7 heteroatoms. The van der Waals surface area contributed by atoms with Crippen molar-refractivity contribution in [1.29, 1.82) is 5.26 Å². The number of nitriles is 1. The fourth-order valence-electron chi connectivity index (χ4n) is 2.36. The van der Waals surface area contributed by atoms with E-state index in [1.54, 1.807) is 26.8 Å². The third-order valence-corrected chi connectivity index (χ3v) is 4.94.